The summed E-state index contributed by atoms with van der Waals surface area (Å²) in [5.74, 6) is 0.832. The molecule has 2 N–H and O–H groups in total. The van der Waals surface area contributed by atoms with E-state index in [0.29, 0.717) is 6.04 Å². The number of imidazole rings is 1. The van der Waals surface area contributed by atoms with E-state index in [4.69, 9.17) is 0 Å². The van der Waals surface area contributed by atoms with Gasteiger partial charge in [0.15, 0.2) is 5.96 Å². The maximum Gasteiger partial charge on any atom is 0.191 e. The highest BCUT2D eigenvalue weighted by atomic mass is 32.1. The zero-order valence-electron chi connectivity index (χ0n) is 16.1. The minimum Gasteiger partial charge on any atom is -0.354 e. The molecular formula is C21H27N5S. The fraction of sp³-hybridized carbons (Fsp3) is 0.333. The number of guanidine groups is 1. The van der Waals surface area contributed by atoms with E-state index >= 15 is 0 Å². The highest BCUT2D eigenvalue weighted by Crippen LogP contribution is 2.16. The van der Waals surface area contributed by atoms with E-state index < -0.39 is 0 Å². The molecule has 0 saturated heterocycles. The number of aromatic nitrogens is 2. The van der Waals surface area contributed by atoms with Crippen molar-refractivity contribution in [3.63, 3.8) is 0 Å². The fourth-order valence-corrected chi connectivity index (χ4v) is 3.93. The van der Waals surface area contributed by atoms with Gasteiger partial charge in [-0.3, -0.25) is 4.99 Å². The molecule has 0 aliphatic rings. The molecule has 3 rings (SSSR count). The normalized spacial score (nSPS) is 12.8. The Morgan fingerprint density at radius 3 is 2.59 bits per heavy atom. The Balaban J connectivity index is 1.47. The Bertz CT molecular complexity index is 849. The van der Waals surface area contributed by atoms with Gasteiger partial charge in [-0.05, 0) is 37.1 Å². The SMILES string of the molecule is CN=C(NCc1ccc(Cn2ccnc2)cc1)NC(C)Cc1ccc(C)s1. The second kappa shape index (κ2) is 9.37. The third-order valence-electron chi connectivity index (χ3n) is 4.32. The summed E-state index contributed by atoms with van der Waals surface area (Å²) in [6.45, 7) is 5.92. The van der Waals surface area contributed by atoms with Gasteiger partial charge in [-0.1, -0.05) is 24.3 Å². The summed E-state index contributed by atoms with van der Waals surface area (Å²) in [5, 5.41) is 6.87. The molecule has 1 unspecified atom stereocenters. The van der Waals surface area contributed by atoms with Gasteiger partial charge in [0.05, 0.1) is 6.33 Å². The van der Waals surface area contributed by atoms with Crippen LogP contribution >= 0.6 is 11.3 Å². The first kappa shape index (κ1) is 19.2. The van der Waals surface area contributed by atoms with E-state index in [0.717, 1.165) is 25.5 Å². The second-order valence-electron chi connectivity index (χ2n) is 6.74. The number of hydrogen-bond donors (Lipinski definition) is 2. The summed E-state index contributed by atoms with van der Waals surface area (Å²) >= 11 is 1.86. The highest BCUT2D eigenvalue weighted by molar-refractivity contribution is 7.11. The van der Waals surface area contributed by atoms with Crippen molar-refractivity contribution in [2.24, 2.45) is 4.99 Å². The number of aryl methyl sites for hydroxylation is 1. The van der Waals surface area contributed by atoms with Gasteiger partial charge in [-0.25, -0.2) is 4.98 Å². The number of aliphatic imine (C=N–C) groups is 1. The van der Waals surface area contributed by atoms with Crippen LogP contribution in [0.15, 0.2) is 60.1 Å². The Morgan fingerprint density at radius 1 is 1.19 bits per heavy atom. The lowest BCUT2D eigenvalue weighted by atomic mass is 10.1. The summed E-state index contributed by atoms with van der Waals surface area (Å²) in [7, 11) is 1.81. The standard InChI is InChI=1S/C21H27N5S/c1-16(12-20-9-4-17(2)27-20)25-21(22-3)24-13-18-5-7-19(8-6-18)14-26-11-10-23-15-26/h4-11,15-16H,12-14H2,1-3H3,(H2,22,24,25). The maximum absolute atomic E-state index is 4.34. The highest BCUT2D eigenvalue weighted by Gasteiger charge is 2.08. The van der Waals surface area contributed by atoms with E-state index in [1.807, 2.05) is 30.9 Å². The van der Waals surface area contributed by atoms with Gasteiger partial charge in [-0.2, -0.15) is 0 Å². The largest absolute Gasteiger partial charge is 0.354 e. The first-order valence-electron chi connectivity index (χ1n) is 9.18. The van der Waals surface area contributed by atoms with Crippen molar-refractivity contribution in [2.75, 3.05) is 7.05 Å². The summed E-state index contributed by atoms with van der Waals surface area (Å²) in [5.41, 5.74) is 2.49. The van der Waals surface area contributed by atoms with Crippen molar-refractivity contribution in [3.8, 4) is 0 Å². The molecule has 0 spiro atoms. The van der Waals surface area contributed by atoms with Crippen molar-refractivity contribution in [1.82, 2.24) is 20.2 Å². The van der Waals surface area contributed by atoms with Crippen LogP contribution in [-0.2, 0) is 19.5 Å². The average molecular weight is 382 g/mol. The number of benzene rings is 1. The minimum absolute atomic E-state index is 0.326. The van der Waals surface area contributed by atoms with Crippen molar-refractivity contribution in [3.05, 3.63) is 76.0 Å². The molecule has 1 aromatic carbocycles. The Hall–Kier alpha value is -2.60. The molecule has 5 nitrogen and oxygen atoms in total. The topological polar surface area (TPSA) is 54.2 Å². The van der Waals surface area contributed by atoms with E-state index in [1.165, 1.54) is 20.9 Å². The van der Waals surface area contributed by atoms with Gasteiger partial charge in [0.25, 0.3) is 0 Å². The molecule has 6 heteroatoms. The smallest absolute Gasteiger partial charge is 0.191 e. The second-order valence-corrected chi connectivity index (χ2v) is 8.11. The number of nitrogens with zero attached hydrogens (tertiary/aromatic N) is 3. The van der Waals surface area contributed by atoms with E-state index in [-0.39, 0.29) is 0 Å². The van der Waals surface area contributed by atoms with Crippen LogP contribution in [0.1, 0.15) is 27.8 Å². The van der Waals surface area contributed by atoms with Crippen LogP contribution in [-0.4, -0.2) is 28.6 Å². The quantitative estimate of drug-likeness (QED) is 0.486. The van der Waals surface area contributed by atoms with Gasteiger partial charge in [0.2, 0.25) is 0 Å². The molecule has 0 bridgehead atoms. The van der Waals surface area contributed by atoms with Gasteiger partial charge >= 0.3 is 0 Å². The third-order valence-corrected chi connectivity index (χ3v) is 5.34. The zero-order valence-corrected chi connectivity index (χ0v) is 17.0. The molecule has 0 aliphatic carbocycles. The molecule has 0 radical (unpaired) electrons. The van der Waals surface area contributed by atoms with Crippen LogP contribution < -0.4 is 10.6 Å². The molecule has 142 valence electrons. The summed E-state index contributed by atoms with van der Waals surface area (Å²) in [6.07, 6.45) is 6.62. The van der Waals surface area contributed by atoms with Crippen molar-refractivity contribution in [2.45, 2.75) is 39.4 Å². The molecule has 2 heterocycles. The van der Waals surface area contributed by atoms with E-state index in [9.17, 15) is 0 Å². The molecular weight excluding hydrogens is 354 g/mol. The van der Waals surface area contributed by atoms with Gasteiger partial charge in [0, 0.05) is 54.7 Å². The summed E-state index contributed by atoms with van der Waals surface area (Å²) in [4.78, 5) is 11.2. The van der Waals surface area contributed by atoms with Crippen molar-refractivity contribution >= 4 is 17.3 Å². The number of hydrogen-bond acceptors (Lipinski definition) is 3. The molecule has 2 aromatic heterocycles. The van der Waals surface area contributed by atoms with Crippen molar-refractivity contribution in [1.29, 1.82) is 0 Å². The average Bonchev–Trinajstić information content (AvgIpc) is 3.31. The van der Waals surface area contributed by atoms with E-state index in [1.54, 1.807) is 6.20 Å². The Labute approximate surface area is 165 Å². The molecule has 0 saturated carbocycles. The first-order valence-corrected chi connectivity index (χ1v) is 10.00. The number of rotatable bonds is 7. The lowest BCUT2D eigenvalue weighted by Gasteiger charge is -2.17. The predicted octanol–water partition coefficient (Wildman–Crippen LogP) is 3.60. The number of thiophene rings is 1. The van der Waals surface area contributed by atoms with Gasteiger partial charge in [-0.15, -0.1) is 11.3 Å². The van der Waals surface area contributed by atoms with Crippen LogP contribution in [0.25, 0.3) is 0 Å². The lowest BCUT2D eigenvalue weighted by Crippen LogP contribution is -2.42. The van der Waals surface area contributed by atoms with Gasteiger partial charge < -0.3 is 15.2 Å². The molecule has 1 atom stereocenters. The van der Waals surface area contributed by atoms with Crippen LogP contribution in [0, 0.1) is 6.92 Å². The zero-order chi connectivity index (χ0) is 19.1. The fourth-order valence-electron chi connectivity index (χ4n) is 2.92. The van der Waals surface area contributed by atoms with Crippen molar-refractivity contribution < 1.29 is 0 Å². The minimum atomic E-state index is 0.326. The predicted molar refractivity (Wildman–Crippen MR) is 113 cm³/mol. The van der Waals surface area contributed by atoms with Crippen LogP contribution in [0.5, 0.6) is 0 Å². The van der Waals surface area contributed by atoms with Gasteiger partial charge in [0.1, 0.15) is 0 Å². The Morgan fingerprint density at radius 2 is 1.96 bits per heavy atom. The van der Waals surface area contributed by atoms with Crippen LogP contribution in [0.4, 0.5) is 0 Å². The summed E-state index contributed by atoms with van der Waals surface area (Å²) < 4.78 is 2.06. The van der Waals surface area contributed by atoms with E-state index in [2.05, 4.69) is 75.4 Å². The lowest BCUT2D eigenvalue weighted by molar-refractivity contribution is 0.645. The summed E-state index contributed by atoms with van der Waals surface area (Å²) in [6, 6.07) is 13.3. The number of nitrogens with one attached hydrogen (secondary N) is 2. The molecule has 27 heavy (non-hydrogen) atoms. The van der Waals surface area contributed by atoms with Crippen LogP contribution in [0.3, 0.4) is 0 Å². The molecule has 3 aromatic rings. The third kappa shape index (κ3) is 5.96. The Kier molecular flexibility index (Phi) is 6.65. The first-order chi connectivity index (χ1) is 13.1. The molecule has 0 amide bonds. The monoisotopic (exact) mass is 381 g/mol. The molecule has 0 aliphatic heterocycles. The van der Waals surface area contributed by atoms with Crippen LogP contribution in [0.2, 0.25) is 0 Å². The maximum atomic E-state index is 4.34. The molecule has 0 fully saturated rings.